The number of aryl methyl sites for hydroxylation is 1. The van der Waals surface area contributed by atoms with Gasteiger partial charge in [-0.25, -0.2) is 0 Å². The van der Waals surface area contributed by atoms with Gasteiger partial charge in [0.1, 0.15) is 12.6 Å². The fourth-order valence-electron chi connectivity index (χ4n) is 2.26. The molecular weight excluding hydrogens is 346 g/mol. The minimum atomic E-state index is -1.08. The lowest BCUT2D eigenvalue weighted by Gasteiger charge is -2.14. The predicted molar refractivity (Wildman–Crippen MR) is 98.9 cm³/mol. The minimum absolute atomic E-state index is 0.301. The number of rotatable bonds is 6. The normalized spacial score (nSPS) is 11.0. The number of hydrogen-bond donors (Lipinski definition) is 2. The third-order valence-corrected chi connectivity index (χ3v) is 3.66. The molecule has 0 radical (unpaired) electrons. The van der Waals surface area contributed by atoms with E-state index in [4.69, 9.17) is 10.00 Å². The van der Waals surface area contributed by atoms with Crippen LogP contribution >= 0.6 is 0 Å². The van der Waals surface area contributed by atoms with Crippen LogP contribution in [-0.4, -0.2) is 30.4 Å². The van der Waals surface area contributed by atoms with Gasteiger partial charge in [0.25, 0.3) is 11.8 Å². The molecule has 0 aliphatic heterocycles. The molecule has 2 aromatic rings. The van der Waals surface area contributed by atoms with E-state index in [1.54, 1.807) is 42.5 Å². The number of carbonyl (C=O) groups excluding carboxylic acids is 3. The molecule has 0 saturated carbocycles. The van der Waals surface area contributed by atoms with E-state index in [1.807, 2.05) is 19.1 Å². The lowest BCUT2D eigenvalue weighted by Crippen LogP contribution is -2.36. The molecule has 2 aromatic carbocycles. The van der Waals surface area contributed by atoms with Gasteiger partial charge in [0.05, 0.1) is 11.3 Å². The van der Waals surface area contributed by atoms with Crippen molar-refractivity contribution < 1.29 is 19.1 Å². The number of esters is 1. The summed E-state index contributed by atoms with van der Waals surface area (Å²) in [5.41, 5.74) is 1.99. The van der Waals surface area contributed by atoms with Crippen LogP contribution in [0.15, 0.2) is 48.5 Å². The Hall–Kier alpha value is -3.66. The Morgan fingerprint density at radius 2 is 1.89 bits per heavy atom. The molecule has 0 aromatic heterocycles. The van der Waals surface area contributed by atoms with Gasteiger partial charge in [-0.3, -0.25) is 14.4 Å². The highest BCUT2D eigenvalue weighted by molar-refractivity contribution is 5.97. The fraction of sp³-hybridized carbons (Fsp3) is 0.200. The first-order valence-corrected chi connectivity index (χ1v) is 8.25. The van der Waals surface area contributed by atoms with Gasteiger partial charge < -0.3 is 15.4 Å². The third-order valence-electron chi connectivity index (χ3n) is 3.66. The second kappa shape index (κ2) is 9.15. The van der Waals surface area contributed by atoms with E-state index >= 15 is 0 Å². The topological polar surface area (TPSA) is 108 Å². The summed E-state index contributed by atoms with van der Waals surface area (Å²) in [6, 6.07) is 15.4. The van der Waals surface area contributed by atoms with Crippen molar-refractivity contribution in [2.75, 3.05) is 11.9 Å². The number of carbonyl (C=O) groups is 3. The van der Waals surface area contributed by atoms with Crippen molar-refractivity contribution in [1.29, 1.82) is 5.26 Å². The van der Waals surface area contributed by atoms with Crippen LogP contribution < -0.4 is 10.6 Å². The highest BCUT2D eigenvalue weighted by atomic mass is 16.5. The van der Waals surface area contributed by atoms with Crippen molar-refractivity contribution >= 4 is 23.5 Å². The first-order chi connectivity index (χ1) is 12.9. The van der Waals surface area contributed by atoms with Gasteiger partial charge in [0.15, 0.2) is 6.10 Å². The van der Waals surface area contributed by atoms with Gasteiger partial charge in [-0.1, -0.05) is 29.8 Å². The van der Waals surface area contributed by atoms with Gasteiger partial charge in [-0.05, 0) is 38.1 Å². The van der Waals surface area contributed by atoms with Gasteiger partial charge >= 0.3 is 5.97 Å². The number of anilines is 1. The smallest absolute Gasteiger partial charge is 0.326 e. The zero-order valence-electron chi connectivity index (χ0n) is 15.0. The first kappa shape index (κ1) is 19.7. The van der Waals surface area contributed by atoms with E-state index in [0.29, 0.717) is 16.8 Å². The summed E-state index contributed by atoms with van der Waals surface area (Å²) in [5, 5.41) is 14.0. The molecule has 0 bridgehead atoms. The maximum absolute atomic E-state index is 12.1. The fourth-order valence-corrected chi connectivity index (χ4v) is 2.26. The van der Waals surface area contributed by atoms with Crippen molar-refractivity contribution in [2.24, 2.45) is 0 Å². The van der Waals surface area contributed by atoms with Crippen molar-refractivity contribution in [3.63, 3.8) is 0 Å². The lowest BCUT2D eigenvalue weighted by atomic mass is 10.1. The summed E-state index contributed by atoms with van der Waals surface area (Å²) in [5.74, 6) is -1.72. The van der Waals surface area contributed by atoms with Gasteiger partial charge in [0, 0.05) is 5.56 Å². The Morgan fingerprint density at radius 3 is 2.59 bits per heavy atom. The standard InChI is InChI=1S/C20H19N3O4/c1-13-6-5-8-15(10-13)20(26)22-12-18(24)27-14(2)19(25)23-17-9-4-3-7-16(17)11-21/h3-10,14H,12H2,1-2H3,(H,22,26)(H,23,25). The van der Waals surface area contributed by atoms with Crippen LogP contribution in [0.1, 0.15) is 28.4 Å². The third kappa shape index (κ3) is 5.68. The molecule has 0 spiro atoms. The quantitative estimate of drug-likeness (QED) is 0.763. The summed E-state index contributed by atoms with van der Waals surface area (Å²) in [7, 11) is 0. The average molecular weight is 365 g/mol. The molecule has 7 heteroatoms. The Bertz CT molecular complexity index is 902. The number of hydrogen-bond acceptors (Lipinski definition) is 5. The number of para-hydroxylation sites is 1. The van der Waals surface area contributed by atoms with Crippen LogP contribution in [0.4, 0.5) is 5.69 Å². The molecule has 0 aliphatic rings. The Labute approximate surface area is 156 Å². The maximum Gasteiger partial charge on any atom is 0.326 e. The number of nitrogens with one attached hydrogen (secondary N) is 2. The highest BCUT2D eigenvalue weighted by Gasteiger charge is 2.19. The van der Waals surface area contributed by atoms with Crippen molar-refractivity contribution in [3.8, 4) is 6.07 Å². The molecule has 0 heterocycles. The van der Waals surface area contributed by atoms with E-state index in [2.05, 4.69) is 10.6 Å². The Kier molecular flexibility index (Phi) is 6.67. The second-order valence-corrected chi connectivity index (χ2v) is 5.83. The molecule has 1 unspecified atom stereocenters. The Morgan fingerprint density at radius 1 is 1.15 bits per heavy atom. The molecule has 138 valence electrons. The van der Waals surface area contributed by atoms with Crippen LogP contribution in [0.3, 0.4) is 0 Å². The average Bonchev–Trinajstić information content (AvgIpc) is 2.66. The van der Waals surface area contributed by atoms with Crippen LogP contribution in [-0.2, 0) is 14.3 Å². The molecule has 7 nitrogen and oxygen atoms in total. The van der Waals surface area contributed by atoms with E-state index in [0.717, 1.165) is 5.56 Å². The molecule has 2 N–H and O–H groups in total. The van der Waals surface area contributed by atoms with Gasteiger partial charge in [-0.2, -0.15) is 5.26 Å². The van der Waals surface area contributed by atoms with Crippen LogP contribution in [0, 0.1) is 18.3 Å². The lowest BCUT2D eigenvalue weighted by molar-refractivity contribution is -0.152. The zero-order chi connectivity index (χ0) is 19.8. The number of amides is 2. The summed E-state index contributed by atoms with van der Waals surface area (Å²) in [6.07, 6.45) is -1.08. The van der Waals surface area contributed by atoms with Crippen LogP contribution in [0.5, 0.6) is 0 Å². The zero-order valence-corrected chi connectivity index (χ0v) is 15.0. The molecule has 0 saturated heterocycles. The summed E-state index contributed by atoms with van der Waals surface area (Å²) >= 11 is 0. The summed E-state index contributed by atoms with van der Waals surface area (Å²) in [6.45, 7) is 2.90. The second-order valence-electron chi connectivity index (χ2n) is 5.83. The maximum atomic E-state index is 12.1. The molecule has 2 amide bonds. The van der Waals surface area contributed by atoms with Crippen LogP contribution in [0.25, 0.3) is 0 Å². The molecule has 0 aliphatic carbocycles. The number of ether oxygens (including phenoxy) is 1. The predicted octanol–water partition coefficient (Wildman–Crippen LogP) is 2.17. The monoisotopic (exact) mass is 365 g/mol. The summed E-state index contributed by atoms with van der Waals surface area (Å²) < 4.78 is 5.02. The molecule has 0 fully saturated rings. The van der Waals surface area contributed by atoms with Crippen molar-refractivity contribution in [2.45, 2.75) is 20.0 Å². The van der Waals surface area contributed by atoms with Gasteiger partial charge in [0.2, 0.25) is 0 Å². The summed E-state index contributed by atoms with van der Waals surface area (Å²) in [4.78, 5) is 36.0. The molecule has 1 atom stereocenters. The highest BCUT2D eigenvalue weighted by Crippen LogP contribution is 2.14. The van der Waals surface area contributed by atoms with E-state index < -0.39 is 23.9 Å². The largest absolute Gasteiger partial charge is 0.451 e. The van der Waals surface area contributed by atoms with E-state index in [1.165, 1.54) is 6.92 Å². The molecular formula is C20H19N3O4. The van der Waals surface area contributed by atoms with Crippen molar-refractivity contribution in [1.82, 2.24) is 5.32 Å². The molecule has 27 heavy (non-hydrogen) atoms. The Balaban J connectivity index is 1.85. The number of nitrogens with zero attached hydrogens (tertiary/aromatic N) is 1. The minimum Gasteiger partial charge on any atom is -0.451 e. The number of nitriles is 1. The first-order valence-electron chi connectivity index (χ1n) is 8.25. The van der Waals surface area contributed by atoms with E-state index in [9.17, 15) is 14.4 Å². The molecule has 2 rings (SSSR count). The van der Waals surface area contributed by atoms with Gasteiger partial charge in [-0.15, -0.1) is 0 Å². The number of benzene rings is 2. The van der Waals surface area contributed by atoms with Crippen molar-refractivity contribution in [3.05, 3.63) is 65.2 Å². The van der Waals surface area contributed by atoms with E-state index in [-0.39, 0.29) is 6.54 Å². The SMILES string of the molecule is Cc1cccc(C(=O)NCC(=O)OC(C)C(=O)Nc2ccccc2C#N)c1. The van der Waals surface area contributed by atoms with Crippen LogP contribution in [0.2, 0.25) is 0 Å².